The standard InChI is InChI=1S/C23H25FN6O2/c1-14(31)15-6-7-17(24)16(12-15)19-13-27-22(25)21(28-19)23(32)29-18-4-2-3-5-20(18)30-10-8-26-9-11-30/h2-7,12-14,26,31H,8-11H2,1H3,(H2,25,27)(H,29,32). The molecule has 4 rings (SSSR count). The van der Waals surface area contributed by atoms with E-state index in [9.17, 15) is 14.3 Å². The molecule has 9 heteroatoms. The van der Waals surface area contributed by atoms with Gasteiger partial charge in [-0.15, -0.1) is 0 Å². The number of aliphatic hydroxyl groups excluding tert-OH is 1. The van der Waals surface area contributed by atoms with Crippen LogP contribution in [0.4, 0.5) is 21.6 Å². The van der Waals surface area contributed by atoms with Gasteiger partial charge in [-0.2, -0.15) is 0 Å². The molecule has 166 valence electrons. The molecule has 2 heterocycles. The highest BCUT2D eigenvalue weighted by molar-refractivity contribution is 6.07. The highest BCUT2D eigenvalue weighted by Gasteiger charge is 2.20. The summed E-state index contributed by atoms with van der Waals surface area (Å²) >= 11 is 0. The number of amides is 1. The Morgan fingerprint density at radius 2 is 2.00 bits per heavy atom. The van der Waals surface area contributed by atoms with Crippen LogP contribution in [-0.2, 0) is 0 Å². The molecule has 1 aromatic heterocycles. The van der Waals surface area contributed by atoms with Crippen molar-refractivity contribution >= 4 is 23.1 Å². The second kappa shape index (κ2) is 9.29. The van der Waals surface area contributed by atoms with Crippen LogP contribution in [0.25, 0.3) is 11.3 Å². The Balaban J connectivity index is 1.64. The fourth-order valence-corrected chi connectivity index (χ4v) is 3.64. The lowest BCUT2D eigenvalue weighted by molar-refractivity contribution is 0.102. The second-order valence-corrected chi connectivity index (χ2v) is 7.61. The number of aromatic nitrogens is 2. The van der Waals surface area contributed by atoms with E-state index in [0.29, 0.717) is 11.3 Å². The smallest absolute Gasteiger partial charge is 0.278 e. The number of aliphatic hydroxyl groups is 1. The minimum Gasteiger partial charge on any atom is -0.389 e. The van der Waals surface area contributed by atoms with Gasteiger partial charge in [-0.3, -0.25) is 4.79 Å². The van der Waals surface area contributed by atoms with Crippen LogP contribution in [0.1, 0.15) is 29.1 Å². The van der Waals surface area contributed by atoms with Crippen LogP contribution in [-0.4, -0.2) is 47.2 Å². The SMILES string of the molecule is CC(O)c1ccc(F)c(-c2cnc(N)c(C(=O)Nc3ccccc3N3CCNCC3)n2)c1. The number of carbonyl (C=O) groups is 1. The van der Waals surface area contributed by atoms with Crippen LogP contribution >= 0.6 is 0 Å². The zero-order chi connectivity index (χ0) is 22.7. The molecule has 0 spiro atoms. The molecule has 1 amide bonds. The van der Waals surface area contributed by atoms with E-state index >= 15 is 0 Å². The summed E-state index contributed by atoms with van der Waals surface area (Å²) in [6, 6.07) is 11.7. The fourth-order valence-electron chi connectivity index (χ4n) is 3.64. The van der Waals surface area contributed by atoms with E-state index in [1.54, 1.807) is 6.92 Å². The number of halogens is 1. The van der Waals surface area contributed by atoms with Gasteiger partial charge in [-0.1, -0.05) is 18.2 Å². The number of hydrogen-bond donors (Lipinski definition) is 4. The maximum atomic E-state index is 14.5. The van der Waals surface area contributed by atoms with Crippen molar-refractivity contribution < 1.29 is 14.3 Å². The Kier molecular flexibility index (Phi) is 6.29. The van der Waals surface area contributed by atoms with Crippen LogP contribution in [0.15, 0.2) is 48.7 Å². The number of carbonyl (C=O) groups excluding carboxylic acids is 1. The average molecular weight is 436 g/mol. The number of piperazine rings is 1. The van der Waals surface area contributed by atoms with Crippen LogP contribution in [0.3, 0.4) is 0 Å². The summed E-state index contributed by atoms with van der Waals surface area (Å²) in [7, 11) is 0. The minimum atomic E-state index is -0.777. The van der Waals surface area contributed by atoms with Crippen molar-refractivity contribution in [2.75, 3.05) is 42.1 Å². The van der Waals surface area contributed by atoms with Gasteiger partial charge in [-0.05, 0) is 36.8 Å². The molecule has 1 fully saturated rings. The van der Waals surface area contributed by atoms with Gasteiger partial charge in [-0.25, -0.2) is 14.4 Å². The maximum Gasteiger partial charge on any atom is 0.278 e. The summed E-state index contributed by atoms with van der Waals surface area (Å²) in [5.74, 6) is -1.13. The molecule has 1 unspecified atom stereocenters. The number of rotatable bonds is 5. The number of nitrogen functional groups attached to an aromatic ring is 1. The first-order chi connectivity index (χ1) is 15.4. The first-order valence-electron chi connectivity index (χ1n) is 10.4. The van der Waals surface area contributed by atoms with Gasteiger partial charge in [0.05, 0.1) is 29.4 Å². The zero-order valence-electron chi connectivity index (χ0n) is 17.7. The number of nitrogens with one attached hydrogen (secondary N) is 2. The van der Waals surface area contributed by atoms with Gasteiger partial charge >= 0.3 is 0 Å². The van der Waals surface area contributed by atoms with Crippen LogP contribution in [0.5, 0.6) is 0 Å². The van der Waals surface area contributed by atoms with E-state index in [1.165, 1.54) is 24.4 Å². The van der Waals surface area contributed by atoms with Gasteiger partial charge in [0.15, 0.2) is 11.5 Å². The van der Waals surface area contributed by atoms with E-state index in [4.69, 9.17) is 5.73 Å². The number of benzene rings is 2. The fraction of sp³-hybridized carbons (Fsp3) is 0.261. The average Bonchev–Trinajstić information content (AvgIpc) is 2.80. The number of para-hydroxylation sites is 2. The van der Waals surface area contributed by atoms with Crippen LogP contribution in [0, 0.1) is 5.82 Å². The van der Waals surface area contributed by atoms with Gasteiger partial charge < -0.3 is 26.4 Å². The number of nitrogens with zero attached hydrogens (tertiary/aromatic N) is 3. The van der Waals surface area contributed by atoms with E-state index < -0.39 is 17.8 Å². The van der Waals surface area contributed by atoms with Crippen LogP contribution < -0.4 is 21.3 Å². The lowest BCUT2D eigenvalue weighted by Crippen LogP contribution is -2.43. The van der Waals surface area contributed by atoms with Gasteiger partial charge in [0.25, 0.3) is 5.91 Å². The molecule has 8 nitrogen and oxygen atoms in total. The highest BCUT2D eigenvalue weighted by atomic mass is 19.1. The third-order valence-electron chi connectivity index (χ3n) is 5.37. The Bertz CT molecular complexity index is 1130. The number of anilines is 3. The predicted octanol–water partition coefficient (Wildman–Crippen LogP) is 2.58. The zero-order valence-corrected chi connectivity index (χ0v) is 17.7. The van der Waals surface area contributed by atoms with Gasteiger partial charge in [0.1, 0.15) is 5.82 Å². The van der Waals surface area contributed by atoms with E-state index in [1.807, 2.05) is 24.3 Å². The van der Waals surface area contributed by atoms with Crippen molar-refractivity contribution in [1.29, 1.82) is 0 Å². The van der Waals surface area contributed by atoms with Crippen molar-refractivity contribution in [3.05, 3.63) is 65.7 Å². The quantitative estimate of drug-likeness (QED) is 0.486. The predicted molar refractivity (Wildman–Crippen MR) is 122 cm³/mol. The third kappa shape index (κ3) is 4.53. The molecule has 1 atom stereocenters. The second-order valence-electron chi connectivity index (χ2n) is 7.61. The molecule has 32 heavy (non-hydrogen) atoms. The molecular formula is C23H25FN6O2. The van der Waals surface area contributed by atoms with E-state index in [-0.39, 0.29) is 22.8 Å². The first-order valence-corrected chi connectivity index (χ1v) is 10.4. The Hall–Kier alpha value is -3.56. The molecule has 1 saturated heterocycles. The third-order valence-corrected chi connectivity index (χ3v) is 5.37. The van der Waals surface area contributed by atoms with Crippen molar-refractivity contribution in [1.82, 2.24) is 15.3 Å². The Morgan fingerprint density at radius 3 is 2.75 bits per heavy atom. The molecule has 0 radical (unpaired) electrons. The monoisotopic (exact) mass is 436 g/mol. The number of nitrogens with two attached hydrogens (primary N) is 1. The molecule has 0 saturated carbocycles. The maximum absolute atomic E-state index is 14.5. The van der Waals surface area contributed by atoms with Crippen molar-refractivity contribution in [3.63, 3.8) is 0 Å². The molecule has 1 aliphatic rings. The summed E-state index contributed by atoms with van der Waals surface area (Å²) in [4.78, 5) is 23.6. The van der Waals surface area contributed by atoms with E-state index in [0.717, 1.165) is 31.9 Å². The van der Waals surface area contributed by atoms with E-state index in [2.05, 4.69) is 25.5 Å². The lowest BCUT2D eigenvalue weighted by Gasteiger charge is -2.31. The highest BCUT2D eigenvalue weighted by Crippen LogP contribution is 2.28. The molecule has 5 N–H and O–H groups in total. The minimum absolute atomic E-state index is 0.0574. The molecular weight excluding hydrogens is 411 g/mol. The lowest BCUT2D eigenvalue weighted by atomic mass is 10.0. The largest absolute Gasteiger partial charge is 0.389 e. The summed E-state index contributed by atoms with van der Waals surface area (Å²) in [5, 5.41) is 16.0. The molecule has 1 aliphatic heterocycles. The number of hydrogen-bond acceptors (Lipinski definition) is 7. The van der Waals surface area contributed by atoms with Gasteiger partial charge in [0.2, 0.25) is 0 Å². The first kappa shape index (κ1) is 21.7. The van der Waals surface area contributed by atoms with Crippen molar-refractivity contribution in [2.45, 2.75) is 13.0 Å². The summed E-state index contributed by atoms with van der Waals surface area (Å²) in [5.41, 5.74) is 8.18. The topological polar surface area (TPSA) is 116 Å². The molecule has 0 bridgehead atoms. The van der Waals surface area contributed by atoms with Crippen molar-refractivity contribution in [3.8, 4) is 11.3 Å². The summed E-state index contributed by atoms with van der Waals surface area (Å²) in [6.45, 7) is 4.95. The molecule has 0 aliphatic carbocycles. The summed E-state index contributed by atoms with van der Waals surface area (Å²) < 4.78 is 14.5. The van der Waals surface area contributed by atoms with Crippen molar-refractivity contribution in [2.24, 2.45) is 0 Å². The van der Waals surface area contributed by atoms with Gasteiger partial charge in [0, 0.05) is 31.7 Å². The summed E-state index contributed by atoms with van der Waals surface area (Å²) in [6.07, 6.45) is 0.533. The molecule has 2 aromatic carbocycles. The Morgan fingerprint density at radius 1 is 1.25 bits per heavy atom. The van der Waals surface area contributed by atoms with Crippen LogP contribution in [0.2, 0.25) is 0 Å². The normalized spacial score (nSPS) is 14.8. The molecule has 3 aromatic rings. The Labute approximate surface area is 185 Å².